The van der Waals surface area contributed by atoms with E-state index in [1.807, 2.05) is 13.0 Å². The molecular formula is C12H16FNO. The van der Waals surface area contributed by atoms with Crippen LogP contribution in [0, 0.1) is 12.7 Å². The summed E-state index contributed by atoms with van der Waals surface area (Å²) in [5.74, 6) is -0.141. The SMILES string of the molecule is Cc1cc(F)cc(CN2CCOCC2)c1. The molecule has 1 saturated heterocycles. The van der Waals surface area contributed by atoms with Crippen LogP contribution < -0.4 is 0 Å². The average molecular weight is 209 g/mol. The molecule has 1 fully saturated rings. The Labute approximate surface area is 89.7 Å². The Hall–Kier alpha value is -0.930. The largest absolute Gasteiger partial charge is 0.379 e. The summed E-state index contributed by atoms with van der Waals surface area (Å²) in [5.41, 5.74) is 2.03. The lowest BCUT2D eigenvalue weighted by molar-refractivity contribution is 0.0341. The van der Waals surface area contributed by atoms with Gasteiger partial charge in [-0.05, 0) is 30.2 Å². The molecule has 3 heteroatoms. The van der Waals surface area contributed by atoms with Gasteiger partial charge >= 0.3 is 0 Å². The summed E-state index contributed by atoms with van der Waals surface area (Å²) >= 11 is 0. The number of rotatable bonds is 2. The molecule has 0 spiro atoms. The molecule has 2 rings (SSSR count). The molecule has 0 atom stereocenters. The van der Waals surface area contributed by atoms with Crippen LogP contribution in [0.5, 0.6) is 0 Å². The summed E-state index contributed by atoms with van der Waals surface area (Å²) < 4.78 is 18.4. The number of aryl methyl sites for hydroxylation is 1. The standard InChI is InChI=1S/C12H16FNO/c1-10-6-11(8-12(13)7-10)9-14-2-4-15-5-3-14/h6-8H,2-5,9H2,1H3. The lowest BCUT2D eigenvalue weighted by Gasteiger charge is -2.26. The predicted octanol–water partition coefficient (Wildman–Crippen LogP) is 1.97. The highest BCUT2D eigenvalue weighted by molar-refractivity contribution is 5.23. The molecule has 0 aromatic heterocycles. The van der Waals surface area contributed by atoms with Gasteiger partial charge in [0.25, 0.3) is 0 Å². The Bertz CT molecular complexity index is 314. The monoisotopic (exact) mass is 209 g/mol. The molecule has 0 unspecified atom stereocenters. The van der Waals surface area contributed by atoms with Crippen molar-refractivity contribution in [2.45, 2.75) is 13.5 Å². The second kappa shape index (κ2) is 4.73. The van der Waals surface area contributed by atoms with Crippen molar-refractivity contribution in [3.05, 3.63) is 35.1 Å². The number of hydrogen-bond acceptors (Lipinski definition) is 2. The van der Waals surface area contributed by atoms with Crippen molar-refractivity contribution in [2.75, 3.05) is 26.3 Å². The van der Waals surface area contributed by atoms with Crippen LogP contribution in [-0.2, 0) is 11.3 Å². The zero-order valence-electron chi connectivity index (χ0n) is 9.00. The summed E-state index contributed by atoms with van der Waals surface area (Å²) in [6.45, 7) is 6.20. The van der Waals surface area contributed by atoms with Crippen LogP contribution in [0.25, 0.3) is 0 Å². The highest BCUT2D eigenvalue weighted by atomic mass is 19.1. The van der Waals surface area contributed by atoms with E-state index in [-0.39, 0.29) is 5.82 Å². The first-order valence-electron chi connectivity index (χ1n) is 5.30. The van der Waals surface area contributed by atoms with Gasteiger partial charge in [0.15, 0.2) is 0 Å². The first kappa shape index (κ1) is 10.6. The zero-order valence-corrected chi connectivity index (χ0v) is 9.00. The third-order valence-electron chi connectivity index (χ3n) is 2.61. The van der Waals surface area contributed by atoms with E-state index in [0.29, 0.717) is 0 Å². The fourth-order valence-electron chi connectivity index (χ4n) is 1.92. The van der Waals surface area contributed by atoms with Gasteiger partial charge in [0.2, 0.25) is 0 Å². The van der Waals surface area contributed by atoms with Gasteiger partial charge in [-0.1, -0.05) is 6.07 Å². The fraction of sp³-hybridized carbons (Fsp3) is 0.500. The van der Waals surface area contributed by atoms with Gasteiger partial charge < -0.3 is 4.74 Å². The molecule has 1 heterocycles. The van der Waals surface area contributed by atoms with E-state index in [1.165, 1.54) is 0 Å². The van der Waals surface area contributed by atoms with Crippen molar-refractivity contribution in [3.63, 3.8) is 0 Å². The molecule has 0 saturated carbocycles. The molecule has 82 valence electrons. The normalized spacial score (nSPS) is 18.0. The van der Waals surface area contributed by atoms with Crippen molar-refractivity contribution >= 4 is 0 Å². The minimum Gasteiger partial charge on any atom is -0.379 e. The third kappa shape index (κ3) is 3.01. The van der Waals surface area contributed by atoms with Crippen molar-refractivity contribution in [1.82, 2.24) is 4.90 Å². The second-order valence-corrected chi connectivity index (χ2v) is 4.03. The summed E-state index contributed by atoms with van der Waals surface area (Å²) in [6, 6.07) is 5.21. The van der Waals surface area contributed by atoms with Crippen LogP contribution in [0.2, 0.25) is 0 Å². The van der Waals surface area contributed by atoms with E-state index >= 15 is 0 Å². The predicted molar refractivity (Wildman–Crippen MR) is 57.2 cm³/mol. The summed E-state index contributed by atoms with van der Waals surface area (Å²) in [6.07, 6.45) is 0. The molecule has 15 heavy (non-hydrogen) atoms. The van der Waals surface area contributed by atoms with Gasteiger partial charge in [-0.3, -0.25) is 4.90 Å². The molecule has 1 aliphatic heterocycles. The van der Waals surface area contributed by atoms with E-state index in [9.17, 15) is 4.39 Å². The van der Waals surface area contributed by atoms with E-state index in [4.69, 9.17) is 4.74 Å². The topological polar surface area (TPSA) is 12.5 Å². The van der Waals surface area contributed by atoms with Crippen LogP contribution in [0.4, 0.5) is 4.39 Å². The lowest BCUT2D eigenvalue weighted by Crippen LogP contribution is -2.35. The molecule has 1 aliphatic rings. The zero-order chi connectivity index (χ0) is 10.7. The summed E-state index contributed by atoms with van der Waals surface area (Å²) in [5, 5.41) is 0. The van der Waals surface area contributed by atoms with Crippen LogP contribution in [0.3, 0.4) is 0 Å². The smallest absolute Gasteiger partial charge is 0.123 e. The van der Waals surface area contributed by atoms with Crippen molar-refractivity contribution in [1.29, 1.82) is 0 Å². The second-order valence-electron chi connectivity index (χ2n) is 4.03. The van der Waals surface area contributed by atoms with Crippen LogP contribution in [-0.4, -0.2) is 31.2 Å². The fourth-order valence-corrected chi connectivity index (χ4v) is 1.92. The molecule has 0 amide bonds. The number of ether oxygens (including phenoxy) is 1. The molecule has 0 bridgehead atoms. The number of halogens is 1. The number of nitrogens with zero attached hydrogens (tertiary/aromatic N) is 1. The first-order valence-corrected chi connectivity index (χ1v) is 5.30. The van der Waals surface area contributed by atoms with E-state index in [2.05, 4.69) is 4.90 Å². The highest BCUT2D eigenvalue weighted by Gasteiger charge is 2.11. The van der Waals surface area contributed by atoms with Crippen LogP contribution >= 0.6 is 0 Å². The van der Waals surface area contributed by atoms with E-state index in [0.717, 1.165) is 44.0 Å². The summed E-state index contributed by atoms with van der Waals surface area (Å²) in [7, 11) is 0. The Kier molecular flexibility index (Phi) is 3.34. The van der Waals surface area contributed by atoms with Gasteiger partial charge in [-0.25, -0.2) is 4.39 Å². The number of benzene rings is 1. The highest BCUT2D eigenvalue weighted by Crippen LogP contribution is 2.11. The van der Waals surface area contributed by atoms with Gasteiger partial charge in [0, 0.05) is 19.6 Å². The molecule has 1 aromatic rings. The minimum absolute atomic E-state index is 0.141. The minimum atomic E-state index is -0.141. The molecular weight excluding hydrogens is 193 g/mol. The van der Waals surface area contributed by atoms with Gasteiger partial charge in [-0.2, -0.15) is 0 Å². The molecule has 2 nitrogen and oxygen atoms in total. The van der Waals surface area contributed by atoms with E-state index < -0.39 is 0 Å². The van der Waals surface area contributed by atoms with Gasteiger partial charge in [0.1, 0.15) is 5.82 Å². The third-order valence-corrected chi connectivity index (χ3v) is 2.61. The van der Waals surface area contributed by atoms with E-state index in [1.54, 1.807) is 12.1 Å². The number of morpholine rings is 1. The van der Waals surface area contributed by atoms with Gasteiger partial charge in [-0.15, -0.1) is 0 Å². The van der Waals surface area contributed by atoms with Crippen LogP contribution in [0.15, 0.2) is 18.2 Å². The van der Waals surface area contributed by atoms with Crippen molar-refractivity contribution < 1.29 is 9.13 Å². The summed E-state index contributed by atoms with van der Waals surface area (Å²) in [4.78, 5) is 2.29. The quantitative estimate of drug-likeness (QED) is 0.738. The number of hydrogen-bond donors (Lipinski definition) is 0. The van der Waals surface area contributed by atoms with Crippen LogP contribution in [0.1, 0.15) is 11.1 Å². The average Bonchev–Trinajstić information content (AvgIpc) is 2.17. The maximum Gasteiger partial charge on any atom is 0.123 e. The molecule has 0 radical (unpaired) electrons. The lowest BCUT2D eigenvalue weighted by atomic mass is 10.1. The van der Waals surface area contributed by atoms with Crippen molar-refractivity contribution in [2.24, 2.45) is 0 Å². The maximum atomic E-state index is 13.1. The molecule has 1 aromatic carbocycles. The Morgan fingerprint density at radius 3 is 2.67 bits per heavy atom. The molecule has 0 aliphatic carbocycles. The molecule has 0 N–H and O–H groups in total. The maximum absolute atomic E-state index is 13.1. The Morgan fingerprint density at radius 1 is 1.27 bits per heavy atom. The Morgan fingerprint density at radius 2 is 2.00 bits per heavy atom. The Balaban J connectivity index is 2.02. The first-order chi connectivity index (χ1) is 7.24. The van der Waals surface area contributed by atoms with Gasteiger partial charge in [0.05, 0.1) is 13.2 Å². The van der Waals surface area contributed by atoms with Crippen molar-refractivity contribution in [3.8, 4) is 0 Å².